The first-order valence-corrected chi connectivity index (χ1v) is 6.58. The fraction of sp³-hybridized carbons (Fsp3) is 0.857. The Morgan fingerprint density at radius 3 is 3.13 bits per heavy atom. The molecule has 0 amide bonds. The van der Waals surface area contributed by atoms with E-state index in [1.165, 1.54) is 50.5 Å². The van der Waals surface area contributed by atoms with Crippen LogP contribution in [0.5, 0.6) is 0 Å². The molecule has 2 aliphatic heterocycles. The number of ether oxygens (including phenoxy) is 1. The van der Waals surface area contributed by atoms with Crippen molar-refractivity contribution in [2.45, 2.75) is 76.4 Å². The summed E-state index contributed by atoms with van der Waals surface area (Å²) in [6, 6.07) is 0. The van der Waals surface area contributed by atoms with Crippen molar-refractivity contribution in [3.63, 3.8) is 0 Å². The summed E-state index contributed by atoms with van der Waals surface area (Å²) in [6.07, 6.45) is 11.8. The lowest BCUT2D eigenvalue weighted by atomic mass is 9.83. The van der Waals surface area contributed by atoms with Gasteiger partial charge in [0.2, 0.25) is 0 Å². The molecule has 0 radical (unpaired) electrons. The summed E-state index contributed by atoms with van der Waals surface area (Å²) in [4.78, 5) is 0. The zero-order valence-electron chi connectivity index (χ0n) is 10.1. The fourth-order valence-corrected chi connectivity index (χ4v) is 3.19. The largest absolute Gasteiger partial charge is 0.371 e. The minimum Gasteiger partial charge on any atom is -0.371 e. The summed E-state index contributed by atoms with van der Waals surface area (Å²) < 4.78 is 6.35. The first-order valence-electron chi connectivity index (χ1n) is 6.58. The third-order valence-electron chi connectivity index (χ3n) is 3.90. The number of rotatable bonds is 3. The monoisotopic (exact) mass is 208 g/mol. The van der Waals surface area contributed by atoms with Crippen LogP contribution in [0.4, 0.5) is 0 Å². The van der Waals surface area contributed by atoms with Gasteiger partial charge in [0.05, 0.1) is 11.7 Å². The lowest BCUT2D eigenvalue weighted by molar-refractivity contribution is -0.113. The molecule has 0 N–H and O–H groups in total. The van der Waals surface area contributed by atoms with E-state index in [2.05, 4.69) is 13.5 Å². The van der Waals surface area contributed by atoms with Gasteiger partial charge in [0.1, 0.15) is 0 Å². The molecule has 0 unspecified atom stereocenters. The molecule has 2 heterocycles. The summed E-state index contributed by atoms with van der Waals surface area (Å²) in [6.45, 7) is 6.48. The maximum Gasteiger partial charge on any atom is 0.0723 e. The molecular formula is C14H24O. The highest BCUT2D eigenvalue weighted by Gasteiger charge is 2.39. The third kappa shape index (κ3) is 2.63. The van der Waals surface area contributed by atoms with Crippen LogP contribution in [0.3, 0.4) is 0 Å². The Morgan fingerprint density at radius 2 is 2.33 bits per heavy atom. The zero-order valence-corrected chi connectivity index (χ0v) is 10.1. The Hall–Kier alpha value is -0.300. The summed E-state index contributed by atoms with van der Waals surface area (Å²) in [5, 5.41) is 0. The summed E-state index contributed by atoms with van der Waals surface area (Å²) in [5.74, 6) is 0. The molecule has 1 nitrogen and oxygen atoms in total. The summed E-state index contributed by atoms with van der Waals surface area (Å²) in [5.41, 5.74) is 1.62. The lowest BCUT2D eigenvalue weighted by Crippen LogP contribution is -2.40. The van der Waals surface area contributed by atoms with E-state index in [1.54, 1.807) is 0 Å². The Morgan fingerprint density at radius 1 is 1.47 bits per heavy atom. The van der Waals surface area contributed by atoms with Crippen LogP contribution >= 0.6 is 0 Å². The second kappa shape index (κ2) is 4.69. The van der Waals surface area contributed by atoms with Gasteiger partial charge in [-0.1, -0.05) is 44.8 Å². The predicted octanol–water partition coefficient (Wildman–Crippen LogP) is 4.22. The van der Waals surface area contributed by atoms with Crippen LogP contribution < -0.4 is 0 Å². The van der Waals surface area contributed by atoms with E-state index in [1.807, 2.05) is 0 Å². The van der Waals surface area contributed by atoms with Crippen LogP contribution in [0.2, 0.25) is 0 Å². The van der Waals surface area contributed by atoms with Crippen molar-refractivity contribution in [3.05, 3.63) is 12.2 Å². The first kappa shape index (κ1) is 11.2. The third-order valence-corrected chi connectivity index (χ3v) is 3.90. The van der Waals surface area contributed by atoms with E-state index in [-0.39, 0.29) is 5.60 Å². The molecule has 0 spiro atoms. The molecule has 1 heteroatoms. The fourth-order valence-electron chi connectivity index (χ4n) is 3.19. The van der Waals surface area contributed by atoms with Crippen LogP contribution in [-0.4, -0.2) is 11.7 Å². The lowest BCUT2D eigenvalue weighted by Gasteiger charge is -2.41. The average Bonchev–Trinajstić information content (AvgIpc) is 2.35. The highest BCUT2D eigenvalue weighted by molar-refractivity contribution is 5.08. The van der Waals surface area contributed by atoms with Crippen LogP contribution in [-0.2, 0) is 4.74 Å². The van der Waals surface area contributed by atoms with Gasteiger partial charge < -0.3 is 4.74 Å². The number of hydrogen-bond acceptors (Lipinski definition) is 1. The van der Waals surface area contributed by atoms with Crippen molar-refractivity contribution in [1.82, 2.24) is 0 Å². The molecule has 15 heavy (non-hydrogen) atoms. The molecule has 2 saturated heterocycles. The Bertz CT molecular complexity index is 233. The molecule has 2 aliphatic rings. The standard InChI is InChI=1S/C14H24O/c1-3-4-8-14-9-6-5-7-13(15-14)10-12(2)11-14/h13H,2-11H2,1H3/t13-,14+/m1/s1. The molecule has 2 bridgehead atoms. The second-order valence-electron chi connectivity index (χ2n) is 5.40. The minimum absolute atomic E-state index is 0.187. The molecule has 0 saturated carbocycles. The number of hydrogen-bond donors (Lipinski definition) is 0. The van der Waals surface area contributed by atoms with Gasteiger partial charge in [-0.05, 0) is 32.1 Å². The van der Waals surface area contributed by atoms with Crippen molar-refractivity contribution in [3.8, 4) is 0 Å². The maximum atomic E-state index is 6.35. The molecule has 0 aliphatic carbocycles. The van der Waals surface area contributed by atoms with Crippen molar-refractivity contribution < 1.29 is 4.74 Å². The van der Waals surface area contributed by atoms with E-state index >= 15 is 0 Å². The van der Waals surface area contributed by atoms with Gasteiger partial charge in [-0.25, -0.2) is 0 Å². The Kier molecular flexibility index (Phi) is 3.50. The van der Waals surface area contributed by atoms with Gasteiger partial charge in [0.25, 0.3) is 0 Å². The van der Waals surface area contributed by atoms with E-state index < -0.39 is 0 Å². The average molecular weight is 208 g/mol. The van der Waals surface area contributed by atoms with Crippen LogP contribution in [0.15, 0.2) is 12.2 Å². The molecule has 0 aromatic rings. The van der Waals surface area contributed by atoms with Crippen LogP contribution in [0.25, 0.3) is 0 Å². The normalized spacial score (nSPS) is 36.3. The maximum absolute atomic E-state index is 6.35. The molecular weight excluding hydrogens is 184 g/mol. The van der Waals surface area contributed by atoms with Crippen molar-refractivity contribution in [2.24, 2.45) is 0 Å². The van der Waals surface area contributed by atoms with E-state index in [4.69, 9.17) is 4.74 Å². The molecule has 0 aromatic heterocycles. The summed E-state index contributed by atoms with van der Waals surface area (Å²) in [7, 11) is 0. The molecule has 86 valence electrons. The van der Waals surface area contributed by atoms with Crippen LogP contribution in [0.1, 0.15) is 64.7 Å². The van der Waals surface area contributed by atoms with Crippen molar-refractivity contribution in [2.75, 3.05) is 0 Å². The Balaban J connectivity index is 2.07. The van der Waals surface area contributed by atoms with E-state index in [9.17, 15) is 0 Å². The molecule has 2 fully saturated rings. The van der Waals surface area contributed by atoms with Gasteiger partial charge in [-0.15, -0.1) is 0 Å². The quantitative estimate of drug-likeness (QED) is 0.631. The highest BCUT2D eigenvalue weighted by atomic mass is 16.5. The number of unbranched alkanes of at least 4 members (excludes halogenated alkanes) is 1. The number of fused-ring (bicyclic) bond motifs is 2. The SMILES string of the molecule is C=C1C[C@H]2CCCC[C@@](CCCC)(C1)O2. The molecule has 0 aromatic carbocycles. The van der Waals surface area contributed by atoms with Gasteiger partial charge in [-0.2, -0.15) is 0 Å². The highest BCUT2D eigenvalue weighted by Crippen LogP contribution is 2.42. The molecule has 2 atom stereocenters. The first-order chi connectivity index (χ1) is 7.24. The van der Waals surface area contributed by atoms with Gasteiger partial charge in [0, 0.05) is 0 Å². The predicted molar refractivity (Wildman–Crippen MR) is 64.0 cm³/mol. The summed E-state index contributed by atoms with van der Waals surface area (Å²) >= 11 is 0. The topological polar surface area (TPSA) is 9.23 Å². The van der Waals surface area contributed by atoms with Gasteiger partial charge in [-0.3, -0.25) is 0 Å². The van der Waals surface area contributed by atoms with E-state index in [0.717, 1.165) is 12.8 Å². The van der Waals surface area contributed by atoms with E-state index in [0.29, 0.717) is 6.10 Å². The van der Waals surface area contributed by atoms with Gasteiger partial charge in [0.15, 0.2) is 0 Å². The van der Waals surface area contributed by atoms with Crippen molar-refractivity contribution >= 4 is 0 Å². The smallest absolute Gasteiger partial charge is 0.0723 e. The molecule has 2 rings (SSSR count). The zero-order chi connectivity index (χ0) is 10.7. The van der Waals surface area contributed by atoms with Crippen LogP contribution in [0, 0.1) is 0 Å². The second-order valence-corrected chi connectivity index (χ2v) is 5.40. The minimum atomic E-state index is 0.187. The van der Waals surface area contributed by atoms with Gasteiger partial charge >= 0.3 is 0 Å². The van der Waals surface area contributed by atoms with Crippen molar-refractivity contribution in [1.29, 1.82) is 0 Å². The Labute approximate surface area is 93.9 Å².